The maximum absolute atomic E-state index is 13.0. The average molecular weight is 364 g/mol. The molecule has 1 atom stereocenters. The van der Waals surface area contributed by atoms with Gasteiger partial charge < -0.3 is 10.6 Å². The zero-order chi connectivity index (χ0) is 19.4. The third-order valence-corrected chi connectivity index (χ3v) is 4.08. The normalized spacial score (nSPS) is 11.7. The molecule has 0 spiro atoms. The Morgan fingerprint density at radius 3 is 2.33 bits per heavy atom. The molecule has 0 aliphatic heterocycles. The predicted octanol–water partition coefficient (Wildman–Crippen LogP) is 4.47. The lowest BCUT2D eigenvalue weighted by Gasteiger charge is -2.15. The molecule has 0 saturated heterocycles. The molecule has 0 radical (unpaired) electrons. The maximum Gasteiger partial charge on any atom is 0.251 e. The number of rotatable bonds is 5. The van der Waals surface area contributed by atoms with Crippen LogP contribution in [0, 0.1) is 19.7 Å². The highest BCUT2D eigenvalue weighted by molar-refractivity contribution is 5.95. The van der Waals surface area contributed by atoms with Crippen LogP contribution >= 0.6 is 0 Å². The van der Waals surface area contributed by atoms with E-state index in [0.717, 1.165) is 22.6 Å². The van der Waals surface area contributed by atoms with Crippen LogP contribution in [0.4, 0.5) is 16.0 Å². The van der Waals surface area contributed by atoms with E-state index in [2.05, 4.69) is 20.6 Å². The molecule has 1 amide bonds. The van der Waals surface area contributed by atoms with Gasteiger partial charge in [-0.2, -0.15) is 0 Å². The fraction of sp³-hybridized carbons (Fsp3) is 0.190. The summed E-state index contributed by atoms with van der Waals surface area (Å²) in [7, 11) is 0. The first kappa shape index (κ1) is 18.5. The molecule has 1 heterocycles. The molecule has 2 N–H and O–H groups in total. The molecule has 27 heavy (non-hydrogen) atoms. The molecular formula is C21H21FN4O. The van der Waals surface area contributed by atoms with E-state index in [0.29, 0.717) is 11.5 Å². The minimum absolute atomic E-state index is 0.211. The van der Waals surface area contributed by atoms with Gasteiger partial charge in [-0.1, -0.05) is 18.2 Å². The number of carbonyl (C=O) groups excluding carboxylic acids is 1. The maximum atomic E-state index is 13.0. The Bertz CT molecular complexity index is 936. The Labute approximate surface area is 157 Å². The number of anilines is 2. The van der Waals surface area contributed by atoms with E-state index in [4.69, 9.17) is 0 Å². The van der Waals surface area contributed by atoms with Gasteiger partial charge in [0.25, 0.3) is 5.91 Å². The first-order valence-electron chi connectivity index (χ1n) is 8.66. The lowest BCUT2D eigenvalue weighted by molar-refractivity contribution is 0.0940. The number of aromatic nitrogens is 2. The van der Waals surface area contributed by atoms with E-state index in [1.807, 2.05) is 32.9 Å². The Kier molecular flexibility index (Phi) is 5.45. The molecule has 5 nitrogen and oxygen atoms in total. The third-order valence-electron chi connectivity index (χ3n) is 4.08. The van der Waals surface area contributed by atoms with Crippen LogP contribution in [0.2, 0.25) is 0 Å². The number of hydrogen-bond donors (Lipinski definition) is 2. The highest BCUT2D eigenvalue weighted by Crippen LogP contribution is 2.18. The van der Waals surface area contributed by atoms with E-state index in [-0.39, 0.29) is 17.8 Å². The van der Waals surface area contributed by atoms with Gasteiger partial charge in [-0.05, 0) is 62.7 Å². The van der Waals surface area contributed by atoms with Gasteiger partial charge >= 0.3 is 0 Å². The topological polar surface area (TPSA) is 66.9 Å². The van der Waals surface area contributed by atoms with Crippen LogP contribution in [0.15, 0.2) is 54.6 Å². The summed E-state index contributed by atoms with van der Waals surface area (Å²) >= 11 is 0. The number of aryl methyl sites for hydroxylation is 2. The molecule has 1 aromatic heterocycles. The van der Waals surface area contributed by atoms with Crippen LogP contribution in [0.3, 0.4) is 0 Å². The molecule has 0 bridgehead atoms. The van der Waals surface area contributed by atoms with E-state index < -0.39 is 0 Å². The molecule has 6 heteroatoms. The average Bonchev–Trinajstić information content (AvgIpc) is 2.61. The fourth-order valence-electron chi connectivity index (χ4n) is 2.76. The van der Waals surface area contributed by atoms with Gasteiger partial charge in [0.15, 0.2) is 0 Å². The van der Waals surface area contributed by atoms with Crippen molar-refractivity contribution in [3.8, 4) is 0 Å². The van der Waals surface area contributed by atoms with E-state index in [1.165, 1.54) is 12.1 Å². The molecule has 3 aromatic rings. The Morgan fingerprint density at radius 1 is 1.00 bits per heavy atom. The standard InChI is InChI=1S/C21H21FN4O/c1-13-11-14(2)24-21(23-13)26-19-6-4-5-17(12-19)20(27)25-15(3)16-7-9-18(22)10-8-16/h4-12,15H,1-3H3,(H,25,27)(H,23,24,26)/t15-/m0/s1. The van der Waals surface area contributed by atoms with Crippen LogP contribution in [0.1, 0.15) is 40.3 Å². The second-order valence-corrected chi connectivity index (χ2v) is 6.43. The van der Waals surface area contributed by atoms with Crippen molar-refractivity contribution in [3.05, 3.63) is 82.9 Å². The van der Waals surface area contributed by atoms with Crippen molar-refractivity contribution >= 4 is 17.5 Å². The zero-order valence-electron chi connectivity index (χ0n) is 15.5. The lowest BCUT2D eigenvalue weighted by atomic mass is 10.1. The summed E-state index contributed by atoms with van der Waals surface area (Å²) < 4.78 is 13.0. The Hall–Kier alpha value is -3.28. The molecule has 3 rings (SSSR count). The third kappa shape index (κ3) is 4.88. The van der Waals surface area contributed by atoms with Crippen LogP contribution in [0.25, 0.3) is 0 Å². The number of nitrogens with zero attached hydrogens (tertiary/aromatic N) is 2. The summed E-state index contributed by atoms with van der Waals surface area (Å²) in [6, 6.07) is 14.9. The summed E-state index contributed by atoms with van der Waals surface area (Å²) in [6.45, 7) is 5.66. The molecule has 0 aliphatic carbocycles. The molecule has 0 aliphatic rings. The van der Waals surface area contributed by atoms with E-state index >= 15 is 0 Å². The number of hydrogen-bond acceptors (Lipinski definition) is 4. The van der Waals surface area contributed by atoms with Crippen molar-refractivity contribution in [2.45, 2.75) is 26.8 Å². The highest BCUT2D eigenvalue weighted by Gasteiger charge is 2.12. The molecular weight excluding hydrogens is 343 g/mol. The largest absolute Gasteiger partial charge is 0.346 e. The minimum atomic E-state index is -0.301. The van der Waals surface area contributed by atoms with Crippen molar-refractivity contribution in [1.82, 2.24) is 15.3 Å². The smallest absolute Gasteiger partial charge is 0.251 e. The number of nitrogens with one attached hydrogen (secondary N) is 2. The van der Waals surface area contributed by atoms with Gasteiger partial charge in [-0.25, -0.2) is 14.4 Å². The Balaban J connectivity index is 1.72. The summed E-state index contributed by atoms with van der Waals surface area (Å²) in [5.41, 5.74) is 3.81. The SMILES string of the molecule is Cc1cc(C)nc(Nc2cccc(C(=O)N[C@@H](C)c3ccc(F)cc3)c2)n1. The second kappa shape index (κ2) is 7.95. The lowest BCUT2D eigenvalue weighted by Crippen LogP contribution is -2.26. The quantitative estimate of drug-likeness (QED) is 0.701. The summed E-state index contributed by atoms with van der Waals surface area (Å²) in [5, 5.41) is 6.05. The fourth-order valence-corrected chi connectivity index (χ4v) is 2.76. The van der Waals surface area contributed by atoms with Crippen LogP contribution in [-0.2, 0) is 0 Å². The van der Waals surface area contributed by atoms with Crippen LogP contribution in [0.5, 0.6) is 0 Å². The molecule has 0 saturated carbocycles. The molecule has 138 valence electrons. The first-order valence-corrected chi connectivity index (χ1v) is 8.66. The van der Waals surface area contributed by atoms with Gasteiger partial charge in [0.05, 0.1) is 6.04 Å². The molecule has 0 fully saturated rings. The second-order valence-electron chi connectivity index (χ2n) is 6.43. The van der Waals surface area contributed by atoms with Crippen molar-refractivity contribution in [1.29, 1.82) is 0 Å². The summed E-state index contributed by atoms with van der Waals surface area (Å²) in [5.74, 6) is -0.0220. The zero-order valence-corrected chi connectivity index (χ0v) is 15.5. The van der Waals surface area contributed by atoms with Gasteiger partial charge in [0, 0.05) is 22.6 Å². The monoisotopic (exact) mass is 364 g/mol. The predicted molar refractivity (Wildman–Crippen MR) is 104 cm³/mol. The number of carbonyl (C=O) groups is 1. The van der Waals surface area contributed by atoms with E-state index in [1.54, 1.807) is 30.3 Å². The summed E-state index contributed by atoms with van der Waals surface area (Å²) in [4.78, 5) is 21.3. The van der Waals surface area contributed by atoms with Crippen LogP contribution in [-0.4, -0.2) is 15.9 Å². The molecule has 0 unspecified atom stereocenters. The first-order chi connectivity index (χ1) is 12.9. The number of amides is 1. The van der Waals surface area contributed by atoms with E-state index in [9.17, 15) is 9.18 Å². The van der Waals surface area contributed by atoms with Crippen molar-refractivity contribution in [2.75, 3.05) is 5.32 Å². The van der Waals surface area contributed by atoms with Gasteiger partial charge in [0.1, 0.15) is 5.82 Å². The van der Waals surface area contributed by atoms with Gasteiger partial charge in [-0.15, -0.1) is 0 Å². The van der Waals surface area contributed by atoms with Crippen molar-refractivity contribution in [2.24, 2.45) is 0 Å². The van der Waals surface area contributed by atoms with Crippen molar-refractivity contribution < 1.29 is 9.18 Å². The minimum Gasteiger partial charge on any atom is -0.346 e. The molecule has 2 aromatic carbocycles. The highest BCUT2D eigenvalue weighted by atomic mass is 19.1. The van der Waals surface area contributed by atoms with Gasteiger partial charge in [0.2, 0.25) is 5.95 Å². The van der Waals surface area contributed by atoms with Crippen LogP contribution < -0.4 is 10.6 Å². The Morgan fingerprint density at radius 2 is 1.67 bits per heavy atom. The number of halogens is 1. The summed E-state index contributed by atoms with van der Waals surface area (Å²) in [6.07, 6.45) is 0. The van der Waals surface area contributed by atoms with Gasteiger partial charge in [-0.3, -0.25) is 4.79 Å². The van der Waals surface area contributed by atoms with Crippen molar-refractivity contribution in [3.63, 3.8) is 0 Å². The number of benzene rings is 2.